The number of amides is 1. The van der Waals surface area contributed by atoms with Crippen LogP contribution in [0.5, 0.6) is 0 Å². The molecule has 2 rings (SSSR count). The number of carbonyl (C=O) groups is 1. The van der Waals surface area contributed by atoms with Crippen LogP contribution in [-0.4, -0.2) is 28.0 Å². The maximum Gasteiger partial charge on any atom is 0.286 e. The van der Waals surface area contributed by atoms with Gasteiger partial charge in [-0.25, -0.2) is 0 Å². The molecule has 126 valence electrons. The molecule has 2 heterocycles. The van der Waals surface area contributed by atoms with Gasteiger partial charge >= 0.3 is 0 Å². The van der Waals surface area contributed by atoms with Crippen LogP contribution >= 0.6 is 11.8 Å². The Labute approximate surface area is 137 Å². The van der Waals surface area contributed by atoms with Crippen LogP contribution in [0, 0.1) is 13.8 Å². The lowest BCUT2D eigenvalue weighted by Crippen LogP contribution is -2.25. The monoisotopic (exact) mass is 343 g/mol. The molecule has 0 radical (unpaired) electrons. The van der Waals surface area contributed by atoms with Gasteiger partial charge in [-0.15, -0.1) is 0 Å². The average molecular weight is 343 g/mol. The maximum absolute atomic E-state index is 12.1. The molecule has 0 bridgehead atoms. The third-order valence-electron chi connectivity index (χ3n) is 3.17. The first-order valence-corrected chi connectivity index (χ1v) is 8.28. The van der Waals surface area contributed by atoms with Crippen molar-refractivity contribution in [3.8, 4) is 0 Å². The summed E-state index contributed by atoms with van der Waals surface area (Å²) in [5.74, 6) is -2.24. The number of halogens is 2. The Bertz CT molecular complexity index is 655. The molecular formula is C15H19F2N3O2S. The molecule has 0 aliphatic rings. The summed E-state index contributed by atoms with van der Waals surface area (Å²) in [6.07, 6.45) is 0.739. The lowest BCUT2D eigenvalue weighted by atomic mass is 10.3. The van der Waals surface area contributed by atoms with E-state index in [2.05, 4.69) is 10.4 Å². The fourth-order valence-corrected chi connectivity index (χ4v) is 2.59. The summed E-state index contributed by atoms with van der Waals surface area (Å²) >= 11 is 0.463. The highest BCUT2D eigenvalue weighted by molar-refractivity contribution is 7.98. The van der Waals surface area contributed by atoms with Gasteiger partial charge < -0.3 is 9.73 Å². The van der Waals surface area contributed by atoms with E-state index in [1.807, 2.05) is 24.6 Å². The van der Waals surface area contributed by atoms with E-state index in [0.29, 0.717) is 30.6 Å². The average Bonchev–Trinajstić information content (AvgIpc) is 3.08. The van der Waals surface area contributed by atoms with E-state index in [4.69, 9.17) is 4.42 Å². The number of alkyl halides is 2. The zero-order chi connectivity index (χ0) is 16.8. The molecule has 1 amide bonds. The molecule has 0 spiro atoms. The summed E-state index contributed by atoms with van der Waals surface area (Å²) in [4.78, 5) is 11.9. The summed E-state index contributed by atoms with van der Waals surface area (Å²) in [5, 5.41) is 7.09. The number of carbonyl (C=O) groups excluding carboxylic acids is 1. The van der Waals surface area contributed by atoms with Gasteiger partial charge in [-0.3, -0.25) is 9.48 Å². The summed E-state index contributed by atoms with van der Waals surface area (Å²) in [5.41, 5.74) is 2.05. The second-order valence-corrected chi connectivity index (χ2v) is 6.08. The molecule has 1 N–H and O–H groups in total. The molecule has 2 aromatic rings. The van der Waals surface area contributed by atoms with Gasteiger partial charge in [-0.1, -0.05) is 11.8 Å². The fraction of sp³-hybridized carbons (Fsp3) is 0.467. The van der Waals surface area contributed by atoms with Crippen molar-refractivity contribution >= 4 is 17.7 Å². The van der Waals surface area contributed by atoms with Crippen molar-refractivity contribution in [2.24, 2.45) is 0 Å². The second-order valence-electron chi connectivity index (χ2n) is 5.10. The van der Waals surface area contributed by atoms with Crippen LogP contribution in [0.4, 0.5) is 8.78 Å². The second kappa shape index (κ2) is 8.14. The van der Waals surface area contributed by atoms with Crippen LogP contribution in [0.15, 0.2) is 22.6 Å². The molecule has 0 aliphatic heterocycles. The molecule has 2 aromatic heterocycles. The smallest absolute Gasteiger partial charge is 0.286 e. The van der Waals surface area contributed by atoms with Crippen LogP contribution < -0.4 is 5.32 Å². The number of aromatic nitrogens is 2. The number of hydrogen-bond donors (Lipinski definition) is 1. The van der Waals surface area contributed by atoms with E-state index in [0.717, 1.165) is 17.8 Å². The van der Waals surface area contributed by atoms with E-state index in [1.165, 1.54) is 6.07 Å². The molecule has 0 saturated carbocycles. The lowest BCUT2D eigenvalue weighted by Gasteiger charge is -2.05. The van der Waals surface area contributed by atoms with Crippen molar-refractivity contribution < 1.29 is 18.0 Å². The summed E-state index contributed by atoms with van der Waals surface area (Å²) < 4.78 is 31.3. The van der Waals surface area contributed by atoms with Crippen molar-refractivity contribution in [1.82, 2.24) is 15.1 Å². The Morgan fingerprint density at radius 2 is 2.22 bits per heavy atom. The fourth-order valence-electron chi connectivity index (χ4n) is 2.14. The van der Waals surface area contributed by atoms with Crippen LogP contribution in [0.3, 0.4) is 0 Å². The number of rotatable bonds is 8. The normalized spacial score (nSPS) is 11.2. The number of furan rings is 1. The van der Waals surface area contributed by atoms with Gasteiger partial charge in [0.2, 0.25) is 0 Å². The Hall–Kier alpha value is -1.83. The van der Waals surface area contributed by atoms with Crippen LogP contribution in [-0.2, 0) is 12.3 Å². The highest BCUT2D eigenvalue weighted by Crippen LogP contribution is 2.21. The third-order valence-corrected chi connectivity index (χ3v) is 3.88. The predicted molar refractivity (Wildman–Crippen MR) is 84.7 cm³/mol. The van der Waals surface area contributed by atoms with Crippen molar-refractivity contribution in [3.05, 3.63) is 41.1 Å². The quantitative estimate of drug-likeness (QED) is 0.747. The molecule has 0 unspecified atom stereocenters. The first-order chi connectivity index (χ1) is 11.0. The molecule has 8 heteroatoms. The lowest BCUT2D eigenvalue weighted by molar-refractivity contribution is 0.0923. The van der Waals surface area contributed by atoms with E-state index < -0.39 is 5.76 Å². The molecule has 23 heavy (non-hydrogen) atoms. The van der Waals surface area contributed by atoms with Crippen LogP contribution in [0.1, 0.15) is 34.1 Å². The highest BCUT2D eigenvalue weighted by atomic mass is 32.2. The SMILES string of the molecule is Cc1cc(C)n(CCCNC(=O)c2ccc(CSC(F)F)o2)n1. The molecule has 0 aromatic carbocycles. The molecule has 0 aliphatic carbocycles. The number of hydrogen-bond acceptors (Lipinski definition) is 4. The molecule has 0 saturated heterocycles. The largest absolute Gasteiger partial charge is 0.455 e. The number of thioether (sulfide) groups is 1. The van der Waals surface area contributed by atoms with Crippen molar-refractivity contribution in [2.75, 3.05) is 6.54 Å². The van der Waals surface area contributed by atoms with Crippen LogP contribution in [0.25, 0.3) is 0 Å². The minimum Gasteiger partial charge on any atom is -0.455 e. The maximum atomic E-state index is 12.1. The Morgan fingerprint density at radius 3 is 2.87 bits per heavy atom. The van der Waals surface area contributed by atoms with Gasteiger partial charge in [0.1, 0.15) is 5.76 Å². The number of aryl methyl sites for hydroxylation is 3. The minimum absolute atomic E-state index is 0.0445. The van der Waals surface area contributed by atoms with E-state index in [1.54, 1.807) is 6.07 Å². The van der Waals surface area contributed by atoms with Gasteiger partial charge in [0, 0.05) is 18.8 Å². The zero-order valence-electron chi connectivity index (χ0n) is 13.0. The summed E-state index contributed by atoms with van der Waals surface area (Å²) in [7, 11) is 0. The molecule has 0 atom stereocenters. The zero-order valence-corrected chi connectivity index (χ0v) is 13.8. The molecule has 5 nitrogen and oxygen atoms in total. The highest BCUT2D eigenvalue weighted by Gasteiger charge is 2.12. The summed E-state index contributed by atoms with van der Waals surface area (Å²) in [6.45, 7) is 5.12. The topological polar surface area (TPSA) is 60.1 Å². The summed E-state index contributed by atoms with van der Waals surface area (Å²) in [6, 6.07) is 5.04. The number of nitrogens with zero attached hydrogens (tertiary/aromatic N) is 2. The van der Waals surface area contributed by atoms with Gasteiger partial charge in [0.25, 0.3) is 11.7 Å². The van der Waals surface area contributed by atoms with E-state index in [9.17, 15) is 13.6 Å². The van der Waals surface area contributed by atoms with Gasteiger partial charge in [0.15, 0.2) is 5.76 Å². The minimum atomic E-state index is -2.45. The molecule has 0 fully saturated rings. The predicted octanol–water partition coefficient (Wildman–Crippen LogP) is 3.37. The van der Waals surface area contributed by atoms with Crippen LogP contribution in [0.2, 0.25) is 0 Å². The van der Waals surface area contributed by atoms with Crippen molar-refractivity contribution in [1.29, 1.82) is 0 Å². The Balaban J connectivity index is 1.73. The standard InChI is InChI=1S/C15H19F2N3O2S/c1-10-8-11(2)20(19-10)7-3-6-18-14(21)13-5-4-12(22-13)9-23-15(16)17/h4-5,8,15H,3,6-7,9H2,1-2H3,(H,18,21). The first-order valence-electron chi connectivity index (χ1n) is 7.23. The first kappa shape index (κ1) is 17.5. The van der Waals surface area contributed by atoms with Gasteiger partial charge in [0.05, 0.1) is 11.4 Å². The molecular weight excluding hydrogens is 324 g/mol. The Kier molecular flexibility index (Phi) is 6.20. The number of nitrogens with one attached hydrogen (secondary N) is 1. The third kappa shape index (κ3) is 5.38. The van der Waals surface area contributed by atoms with Gasteiger partial charge in [-0.2, -0.15) is 13.9 Å². The van der Waals surface area contributed by atoms with E-state index in [-0.39, 0.29) is 17.4 Å². The van der Waals surface area contributed by atoms with Gasteiger partial charge in [-0.05, 0) is 38.5 Å². The van der Waals surface area contributed by atoms with Crippen molar-refractivity contribution in [3.63, 3.8) is 0 Å². The van der Waals surface area contributed by atoms with Crippen molar-refractivity contribution in [2.45, 2.75) is 38.3 Å². The Morgan fingerprint density at radius 1 is 1.43 bits per heavy atom. The van der Waals surface area contributed by atoms with E-state index >= 15 is 0 Å².